The number of rotatable bonds is 10. The number of carbonyl (C=O) groups is 2. The molecule has 2 amide bonds. The standard InChI is InChI=1S/C18H28ClN3O2.ClH/c1-13(2)12-21-18(24)15-9-8-14(11-16(15)19)22-17(23)7-5-3-4-6-10-20;/h8-9,11,13H,3-7,10,12,20H2,1-2H3,(H,21,24)(H,22,23);1H. The molecule has 5 nitrogen and oxygen atoms in total. The zero-order chi connectivity index (χ0) is 17.9. The Labute approximate surface area is 161 Å². The Morgan fingerprint density at radius 1 is 1.16 bits per heavy atom. The molecule has 25 heavy (non-hydrogen) atoms. The van der Waals surface area contributed by atoms with E-state index in [1.54, 1.807) is 18.2 Å². The molecule has 1 aromatic rings. The van der Waals surface area contributed by atoms with Gasteiger partial charge in [-0.3, -0.25) is 9.59 Å². The highest BCUT2D eigenvalue weighted by Crippen LogP contribution is 2.21. The summed E-state index contributed by atoms with van der Waals surface area (Å²) in [6.07, 6.45) is 4.36. The molecule has 1 aromatic carbocycles. The molecule has 0 unspecified atom stereocenters. The molecule has 0 radical (unpaired) electrons. The number of nitrogens with one attached hydrogen (secondary N) is 2. The van der Waals surface area contributed by atoms with Crippen LogP contribution >= 0.6 is 24.0 Å². The first kappa shape index (κ1) is 23.7. The Kier molecular flexibility index (Phi) is 12.3. The highest BCUT2D eigenvalue weighted by atomic mass is 35.5. The van der Waals surface area contributed by atoms with Crippen LogP contribution in [0.4, 0.5) is 5.69 Å². The van der Waals surface area contributed by atoms with Crippen LogP contribution in [-0.4, -0.2) is 24.9 Å². The largest absolute Gasteiger partial charge is 0.352 e. The fourth-order valence-corrected chi connectivity index (χ4v) is 2.44. The van der Waals surface area contributed by atoms with Gasteiger partial charge in [-0.1, -0.05) is 38.3 Å². The number of nitrogens with two attached hydrogens (primary N) is 1. The van der Waals surface area contributed by atoms with Crippen molar-refractivity contribution in [2.24, 2.45) is 11.7 Å². The first-order chi connectivity index (χ1) is 11.4. The van der Waals surface area contributed by atoms with E-state index >= 15 is 0 Å². The molecule has 0 aromatic heterocycles. The summed E-state index contributed by atoms with van der Waals surface area (Å²) in [5.74, 6) is 0.124. The normalized spacial score (nSPS) is 10.3. The van der Waals surface area contributed by atoms with Gasteiger partial charge in [0.1, 0.15) is 0 Å². The number of carbonyl (C=O) groups excluding carboxylic acids is 2. The van der Waals surface area contributed by atoms with Gasteiger partial charge in [-0.15, -0.1) is 12.4 Å². The first-order valence-corrected chi connectivity index (χ1v) is 8.89. The van der Waals surface area contributed by atoms with Crippen LogP contribution in [-0.2, 0) is 4.79 Å². The zero-order valence-electron chi connectivity index (χ0n) is 14.9. The van der Waals surface area contributed by atoms with Crippen molar-refractivity contribution in [1.82, 2.24) is 5.32 Å². The predicted octanol–water partition coefficient (Wildman–Crippen LogP) is 4.00. The molecule has 0 aliphatic rings. The average Bonchev–Trinajstić information content (AvgIpc) is 2.52. The molecule has 0 atom stereocenters. The number of hydrogen-bond acceptors (Lipinski definition) is 3. The minimum absolute atomic E-state index is 0. The van der Waals surface area contributed by atoms with E-state index in [1.807, 2.05) is 13.8 Å². The van der Waals surface area contributed by atoms with Crippen molar-refractivity contribution in [3.8, 4) is 0 Å². The molecule has 0 spiro atoms. The lowest BCUT2D eigenvalue weighted by atomic mass is 10.1. The third-order valence-corrected chi connectivity index (χ3v) is 3.84. The number of hydrogen-bond donors (Lipinski definition) is 3. The Morgan fingerprint density at radius 2 is 1.84 bits per heavy atom. The molecule has 7 heteroatoms. The van der Waals surface area contributed by atoms with Crippen LogP contribution in [0.5, 0.6) is 0 Å². The Hall–Kier alpha value is -1.30. The van der Waals surface area contributed by atoms with Crippen LogP contribution in [0.2, 0.25) is 5.02 Å². The van der Waals surface area contributed by atoms with Gasteiger partial charge in [0.15, 0.2) is 0 Å². The third-order valence-electron chi connectivity index (χ3n) is 3.53. The molecule has 0 saturated carbocycles. The highest BCUT2D eigenvalue weighted by Gasteiger charge is 2.12. The molecule has 4 N–H and O–H groups in total. The van der Waals surface area contributed by atoms with Gasteiger partial charge in [0.25, 0.3) is 5.91 Å². The van der Waals surface area contributed by atoms with Crippen LogP contribution < -0.4 is 16.4 Å². The minimum Gasteiger partial charge on any atom is -0.352 e. The summed E-state index contributed by atoms with van der Waals surface area (Å²) in [7, 11) is 0. The second-order valence-electron chi connectivity index (χ2n) is 6.30. The van der Waals surface area contributed by atoms with Crippen LogP contribution in [0.1, 0.15) is 56.3 Å². The quantitative estimate of drug-likeness (QED) is 0.528. The van der Waals surface area contributed by atoms with Gasteiger partial charge in [0.2, 0.25) is 5.91 Å². The number of anilines is 1. The smallest absolute Gasteiger partial charge is 0.252 e. The number of amides is 2. The monoisotopic (exact) mass is 389 g/mol. The lowest BCUT2D eigenvalue weighted by Crippen LogP contribution is -2.27. The maximum absolute atomic E-state index is 12.0. The van der Waals surface area contributed by atoms with Crippen molar-refractivity contribution in [2.45, 2.75) is 46.0 Å². The average molecular weight is 390 g/mol. The first-order valence-electron chi connectivity index (χ1n) is 8.51. The molecule has 142 valence electrons. The van der Waals surface area contributed by atoms with Crippen molar-refractivity contribution in [1.29, 1.82) is 0 Å². The van der Waals surface area contributed by atoms with Crippen molar-refractivity contribution in [3.63, 3.8) is 0 Å². The van der Waals surface area contributed by atoms with Crippen molar-refractivity contribution in [2.75, 3.05) is 18.4 Å². The molecule has 0 aliphatic carbocycles. The summed E-state index contributed by atoms with van der Waals surface area (Å²) >= 11 is 6.16. The van der Waals surface area contributed by atoms with Gasteiger partial charge in [0.05, 0.1) is 10.6 Å². The Balaban J connectivity index is 0.00000576. The van der Waals surface area contributed by atoms with Gasteiger partial charge >= 0.3 is 0 Å². The highest BCUT2D eigenvalue weighted by molar-refractivity contribution is 6.34. The fraction of sp³-hybridized carbons (Fsp3) is 0.556. The molecular formula is C18H29Cl2N3O2. The second-order valence-corrected chi connectivity index (χ2v) is 6.71. The Bertz CT molecular complexity index is 551. The zero-order valence-corrected chi connectivity index (χ0v) is 16.5. The SMILES string of the molecule is CC(C)CNC(=O)c1ccc(NC(=O)CCCCCCN)cc1Cl.Cl. The fourth-order valence-electron chi connectivity index (χ4n) is 2.18. The van der Waals surface area contributed by atoms with Gasteiger partial charge in [0, 0.05) is 18.7 Å². The maximum Gasteiger partial charge on any atom is 0.252 e. The second kappa shape index (κ2) is 13.0. The number of benzene rings is 1. The summed E-state index contributed by atoms with van der Waals surface area (Å²) in [5.41, 5.74) is 6.45. The van der Waals surface area contributed by atoms with Gasteiger partial charge in [-0.2, -0.15) is 0 Å². The lowest BCUT2D eigenvalue weighted by molar-refractivity contribution is -0.116. The molecule has 0 bridgehead atoms. The van der Waals surface area contributed by atoms with Crippen molar-refractivity contribution < 1.29 is 9.59 Å². The van der Waals surface area contributed by atoms with E-state index in [0.717, 1.165) is 25.7 Å². The summed E-state index contributed by atoms with van der Waals surface area (Å²) in [4.78, 5) is 23.9. The van der Waals surface area contributed by atoms with Crippen LogP contribution in [0.25, 0.3) is 0 Å². The predicted molar refractivity (Wildman–Crippen MR) is 107 cm³/mol. The lowest BCUT2D eigenvalue weighted by Gasteiger charge is -2.11. The maximum atomic E-state index is 12.0. The number of unbranched alkanes of at least 4 members (excludes halogenated alkanes) is 3. The van der Waals surface area contributed by atoms with E-state index in [1.165, 1.54) is 0 Å². The van der Waals surface area contributed by atoms with Crippen LogP contribution in [0.15, 0.2) is 18.2 Å². The topological polar surface area (TPSA) is 84.2 Å². The summed E-state index contributed by atoms with van der Waals surface area (Å²) in [5, 5.41) is 5.97. The van der Waals surface area contributed by atoms with E-state index in [-0.39, 0.29) is 24.2 Å². The molecular weight excluding hydrogens is 361 g/mol. The molecule has 0 saturated heterocycles. The summed E-state index contributed by atoms with van der Waals surface area (Å²) in [6, 6.07) is 4.94. The van der Waals surface area contributed by atoms with Crippen molar-refractivity contribution >= 4 is 41.5 Å². The number of halogens is 2. The molecule has 0 aliphatic heterocycles. The third kappa shape index (κ3) is 9.68. The molecule has 0 fully saturated rings. The van der Waals surface area contributed by atoms with E-state index in [0.29, 0.717) is 41.7 Å². The van der Waals surface area contributed by atoms with E-state index in [9.17, 15) is 9.59 Å². The summed E-state index contributed by atoms with van der Waals surface area (Å²) in [6.45, 7) is 5.34. The molecule has 1 rings (SSSR count). The minimum atomic E-state index is -0.202. The Morgan fingerprint density at radius 3 is 2.44 bits per heavy atom. The van der Waals surface area contributed by atoms with Gasteiger partial charge in [-0.25, -0.2) is 0 Å². The van der Waals surface area contributed by atoms with E-state index < -0.39 is 0 Å². The molecule has 0 heterocycles. The van der Waals surface area contributed by atoms with E-state index in [4.69, 9.17) is 17.3 Å². The van der Waals surface area contributed by atoms with Gasteiger partial charge in [-0.05, 0) is 43.5 Å². The van der Waals surface area contributed by atoms with Gasteiger partial charge < -0.3 is 16.4 Å². The van der Waals surface area contributed by atoms with Crippen molar-refractivity contribution in [3.05, 3.63) is 28.8 Å². The van der Waals surface area contributed by atoms with E-state index in [2.05, 4.69) is 10.6 Å². The van der Waals surface area contributed by atoms with Crippen LogP contribution in [0, 0.1) is 5.92 Å². The van der Waals surface area contributed by atoms with Crippen LogP contribution in [0.3, 0.4) is 0 Å². The summed E-state index contributed by atoms with van der Waals surface area (Å²) < 4.78 is 0.